The third-order valence-corrected chi connectivity index (χ3v) is 4.68. The van der Waals surface area contributed by atoms with Crippen molar-refractivity contribution >= 4 is 37.3 Å². The third-order valence-electron chi connectivity index (χ3n) is 2.51. The second-order valence-electron chi connectivity index (χ2n) is 3.75. The predicted molar refractivity (Wildman–Crippen MR) is 76.2 cm³/mol. The molecule has 0 unspecified atom stereocenters. The van der Waals surface area contributed by atoms with Gasteiger partial charge in [-0.25, -0.2) is 8.42 Å². The highest BCUT2D eigenvalue weighted by atomic mass is 79.9. The largest absolute Gasteiger partial charge is 0.396 e. The lowest BCUT2D eigenvalue weighted by molar-refractivity contribution is 0.594. The van der Waals surface area contributed by atoms with Gasteiger partial charge in [-0.15, -0.1) is 0 Å². The van der Waals surface area contributed by atoms with Crippen LogP contribution in [0.2, 0.25) is 0 Å². The molecule has 2 aromatic heterocycles. The first-order chi connectivity index (χ1) is 8.93. The van der Waals surface area contributed by atoms with Crippen molar-refractivity contribution in [1.29, 1.82) is 0 Å². The molecule has 8 heteroatoms. The second kappa shape index (κ2) is 5.14. The maximum absolute atomic E-state index is 12.4. The van der Waals surface area contributed by atoms with Gasteiger partial charge in [-0.3, -0.25) is 14.3 Å². The lowest BCUT2D eigenvalue weighted by Gasteiger charge is -2.20. The number of sulfonamides is 1. The van der Waals surface area contributed by atoms with E-state index in [1.807, 2.05) is 0 Å². The van der Waals surface area contributed by atoms with Crippen molar-refractivity contribution in [3.05, 3.63) is 41.4 Å². The van der Waals surface area contributed by atoms with E-state index >= 15 is 0 Å². The summed E-state index contributed by atoms with van der Waals surface area (Å²) in [7, 11) is -2.27. The molecular formula is C11H11BrN4O2S. The molecule has 2 heterocycles. The van der Waals surface area contributed by atoms with E-state index in [9.17, 15) is 8.42 Å². The molecule has 100 valence electrons. The Bertz CT molecular complexity index is 705. The van der Waals surface area contributed by atoms with Crippen LogP contribution in [-0.4, -0.2) is 25.4 Å². The first-order valence-electron chi connectivity index (χ1n) is 5.22. The van der Waals surface area contributed by atoms with Gasteiger partial charge in [0.2, 0.25) is 0 Å². The molecule has 0 aliphatic heterocycles. The summed E-state index contributed by atoms with van der Waals surface area (Å²) < 4.78 is 26.5. The molecule has 0 bridgehead atoms. The molecule has 0 amide bonds. The van der Waals surface area contributed by atoms with Crippen molar-refractivity contribution in [1.82, 2.24) is 9.97 Å². The number of nitrogen functional groups attached to an aromatic ring is 1. The number of anilines is 2. The van der Waals surface area contributed by atoms with Crippen LogP contribution in [0.5, 0.6) is 0 Å². The number of halogens is 1. The van der Waals surface area contributed by atoms with E-state index in [4.69, 9.17) is 5.73 Å². The van der Waals surface area contributed by atoms with Gasteiger partial charge in [-0.2, -0.15) is 0 Å². The van der Waals surface area contributed by atoms with E-state index < -0.39 is 10.0 Å². The molecule has 0 aliphatic carbocycles. The minimum atomic E-state index is -3.70. The van der Waals surface area contributed by atoms with Crippen LogP contribution in [-0.2, 0) is 10.0 Å². The Hall–Kier alpha value is -1.67. The van der Waals surface area contributed by atoms with Gasteiger partial charge in [-0.05, 0) is 28.1 Å². The smallest absolute Gasteiger partial charge is 0.265 e. The molecule has 19 heavy (non-hydrogen) atoms. The van der Waals surface area contributed by atoms with E-state index in [0.717, 1.165) is 4.31 Å². The SMILES string of the molecule is CN(c1ccncc1N)S(=O)(=O)c1cncc(Br)c1. The summed E-state index contributed by atoms with van der Waals surface area (Å²) in [5, 5.41) is 0. The maximum atomic E-state index is 12.4. The molecule has 0 aliphatic rings. The fourth-order valence-corrected chi connectivity index (χ4v) is 3.23. The molecule has 0 fully saturated rings. The zero-order valence-electron chi connectivity index (χ0n) is 9.99. The Morgan fingerprint density at radius 3 is 2.63 bits per heavy atom. The fraction of sp³-hybridized carbons (Fsp3) is 0.0909. The molecule has 2 N–H and O–H groups in total. The molecule has 0 saturated heterocycles. The van der Waals surface area contributed by atoms with Crippen LogP contribution < -0.4 is 10.0 Å². The Labute approximate surface area is 119 Å². The summed E-state index contributed by atoms with van der Waals surface area (Å²) in [6, 6.07) is 3.02. The Morgan fingerprint density at radius 1 is 1.26 bits per heavy atom. The molecule has 2 rings (SSSR count). The highest BCUT2D eigenvalue weighted by Crippen LogP contribution is 2.26. The summed E-state index contributed by atoms with van der Waals surface area (Å²) >= 11 is 3.19. The first kappa shape index (κ1) is 13.8. The Balaban J connectivity index is 2.49. The number of hydrogen-bond donors (Lipinski definition) is 1. The summed E-state index contributed by atoms with van der Waals surface area (Å²) in [5.74, 6) is 0. The Kier molecular flexibility index (Phi) is 3.72. The van der Waals surface area contributed by atoms with Crippen LogP contribution in [0.25, 0.3) is 0 Å². The van der Waals surface area contributed by atoms with Gasteiger partial charge in [0.05, 0.1) is 17.6 Å². The van der Waals surface area contributed by atoms with Gasteiger partial charge in [0.25, 0.3) is 10.0 Å². The van der Waals surface area contributed by atoms with Gasteiger partial charge in [0.15, 0.2) is 0 Å². The third kappa shape index (κ3) is 2.69. The molecule has 0 saturated carbocycles. The number of hydrogen-bond acceptors (Lipinski definition) is 5. The van der Waals surface area contributed by atoms with Gasteiger partial charge in [0.1, 0.15) is 4.90 Å². The predicted octanol–water partition coefficient (Wildman–Crippen LogP) is 1.65. The minimum Gasteiger partial charge on any atom is -0.396 e. The molecule has 0 radical (unpaired) electrons. The normalized spacial score (nSPS) is 11.3. The number of aromatic nitrogens is 2. The van der Waals surface area contributed by atoms with E-state index in [2.05, 4.69) is 25.9 Å². The number of nitrogens with two attached hydrogens (primary N) is 1. The summed E-state index contributed by atoms with van der Waals surface area (Å²) in [6.07, 6.45) is 5.69. The lowest BCUT2D eigenvalue weighted by Crippen LogP contribution is -2.27. The topological polar surface area (TPSA) is 89.2 Å². The van der Waals surface area contributed by atoms with Crippen LogP contribution in [0.15, 0.2) is 46.3 Å². The van der Waals surface area contributed by atoms with Gasteiger partial charge in [-0.1, -0.05) is 0 Å². The quantitative estimate of drug-likeness (QED) is 0.915. The number of rotatable bonds is 3. The summed E-state index contributed by atoms with van der Waals surface area (Å²) in [4.78, 5) is 7.77. The average molecular weight is 343 g/mol. The molecule has 0 spiro atoms. The van der Waals surface area contributed by atoms with E-state index in [0.29, 0.717) is 10.2 Å². The lowest BCUT2D eigenvalue weighted by atomic mass is 10.3. The van der Waals surface area contributed by atoms with E-state index in [-0.39, 0.29) is 10.6 Å². The monoisotopic (exact) mass is 342 g/mol. The zero-order chi connectivity index (χ0) is 14.0. The van der Waals surface area contributed by atoms with E-state index in [1.165, 1.54) is 44.0 Å². The van der Waals surface area contributed by atoms with Crippen LogP contribution in [0.4, 0.5) is 11.4 Å². The summed E-state index contributed by atoms with van der Waals surface area (Å²) in [5.41, 5.74) is 6.39. The summed E-state index contributed by atoms with van der Waals surface area (Å²) in [6.45, 7) is 0. The van der Waals surface area contributed by atoms with Crippen LogP contribution in [0.3, 0.4) is 0 Å². The molecule has 0 atom stereocenters. The van der Waals surface area contributed by atoms with Gasteiger partial charge >= 0.3 is 0 Å². The molecule has 2 aromatic rings. The van der Waals surface area contributed by atoms with Crippen LogP contribution in [0.1, 0.15) is 0 Å². The van der Waals surface area contributed by atoms with Crippen LogP contribution >= 0.6 is 15.9 Å². The Morgan fingerprint density at radius 2 is 2.00 bits per heavy atom. The highest BCUT2D eigenvalue weighted by molar-refractivity contribution is 9.10. The van der Waals surface area contributed by atoms with Gasteiger partial charge < -0.3 is 5.73 Å². The number of nitrogens with zero attached hydrogens (tertiary/aromatic N) is 3. The van der Waals surface area contributed by atoms with Crippen molar-refractivity contribution in [2.45, 2.75) is 4.90 Å². The van der Waals surface area contributed by atoms with E-state index in [1.54, 1.807) is 0 Å². The highest BCUT2D eigenvalue weighted by Gasteiger charge is 2.23. The maximum Gasteiger partial charge on any atom is 0.265 e. The fourth-order valence-electron chi connectivity index (χ4n) is 1.51. The number of pyridine rings is 2. The standard InChI is InChI=1S/C11H11BrN4O2S/c1-16(11-2-3-14-7-10(11)13)19(17,18)9-4-8(12)5-15-6-9/h2-7H,13H2,1H3. The molecule has 0 aromatic carbocycles. The minimum absolute atomic E-state index is 0.0839. The van der Waals surface area contributed by atoms with Crippen molar-refractivity contribution in [2.75, 3.05) is 17.1 Å². The zero-order valence-corrected chi connectivity index (χ0v) is 12.4. The first-order valence-corrected chi connectivity index (χ1v) is 7.45. The molecule has 6 nitrogen and oxygen atoms in total. The molecular weight excluding hydrogens is 332 g/mol. The average Bonchev–Trinajstić information content (AvgIpc) is 2.38. The van der Waals surface area contributed by atoms with Crippen molar-refractivity contribution in [3.8, 4) is 0 Å². The van der Waals surface area contributed by atoms with Crippen molar-refractivity contribution in [2.24, 2.45) is 0 Å². The second-order valence-corrected chi connectivity index (χ2v) is 6.63. The van der Waals surface area contributed by atoms with Gasteiger partial charge in [0, 0.05) is 30.1 Å². The van der Waals surface area contributed by atoms with Crippen molar-refractivity contribution in [3.63, 3.8) is 0 Å². The van der Waals surface area contributed by atoms with Crippen LogP contribution in [0, 0.1) is 0 Å². The van der Waals surface area contributed by atoms with Crippen molar-refractivity contribution < 1.29 is 8.42 Å².